The minimum atomic E-state index is -0.840. The van der Waals surface area contributed by atoms with Gasteiger partial charge < -0.3 is 14.7 Å². The minimum Gasteiger partial charge on any atom is -0.503 e. The molecule has 0 aliphatic carbocycles. The molecule has 1 aromatic carbocycles. The van der Waals surface area contributed by atoms with E-state index in [0.717, 1.165) is 19.6 Å². The van der Waals surface area contributed by atoms with Crippen LogP contribution >= 0.6 is 11.3 Å². The van der Waals surface area contributed by atoms with E-state index in [0.29, 0.717) is 47.3 Å². The summed E-state index contributed by atoms with van der Waals surface area (Å²) in [4.78, 5) is 45.6. The number of aliphatic hydroxyl groups excluding tert-OH is 1. The third-order valence-corrected chi connectivity index (χ3v) is 7.13. The molecular formula is C23H26N4O6S. The zero-order chi connectivity index (χ0) is 24.4. The van der Waals surface area contributed by atoms with Crippen LogP contribution in [0.3, 0.4) is 0 Å². The van der Waals surface area contributed by atoms with Gasteiger partial charge in [0.15, 0.2) is 5.76 Å². The summed E-state index contributed by atoms with van der Waals surface area (Å²) in [7, 11) is 0. The minimum absolute atomic E-state index is 0.0167. The first-order chi connectivity index (χ1) is 16.3. The van der Waals surface area contributed by atoms with Crippen molar-refractivity contribution in [3.63, 3.8) is 0 Å². The van der Waals surface area contributed by atoms with Crippen LogP contribution in [0.25, 0.3) is 0 Å². The molecule has 0 spiro atoms. The van der Waals surface area contributed by atoms with Crippen molar-refractivity contribution in [3.8, 4) is 0 Å². The number of hydrogen-bond acceptors (Lipinski definition) is 9. The van der Waals surface area contributed by atoms with Gasteiger partial charge >= 0.3 is 0 Å². The van der Waals surface area contributed by atoms with E-state index in [1.54, 1.807) is 13.8 Å². The van der Waals surface area contributed by atoms with Crippen molar-refractivity contribution in [1.82, 2.24) is 14.8 Å². The number of nitro benzene ring substituents is 1. The number of Topliss-reactive ketones (excluding diaryl/α,β-unsaturated/α-hetero) is 1. The van der Waals surface area contributed by atoms with E-state index in [1.165, 1.54) is 40.5 Å². The van der Waals surface area contributed by atoms with E-state index in [2.05, 4.69) is 9.88 Å². The third kappa shape index (κ3) is 4.72. The fourth-order valence-corrected chi connectivity index (χ4v) is 5.27. The highest BCUT2D eigenvalue weighted by atomic mass is 32.1. The van der Waals surface area contributed by atoms with Crippen LogP contribution in [0.15, 0.2) is 35.6 Å². The molecule has 4 rings (SSSR count). The molecule has 3 heterocycles. The number of hydrogen-bond donors (Lipinski definition) is 1. The molecule has 1 aromatic heterocycles. The maximum Gasteiger partial charge on any atom is 0.290 e. The van der Waals surface area contributed by atoms with Crippen LogP contribution in [-0.2, 0) is 9.53 Å². The molecule has 1 atom stereocenters. The number of aryl methyl sites for hydroxylation is 2. The van der Waals surface area contributed by atoms with Crippen LogP contribution in [0.4, 0.5) is 5.69 Å². The number of carbonyl (C=O) groups is 2. The normalized spacial score (nSPS) is 19.2. The van der Waals surface area contributed by atoms with Crippen LogP contribution in [-0.4, -0.2) is 75.9 Å². The fraction of sp³-hybridized carbons (Fsp3) is 0.435. The lowest BCUT2D eigenvalue weighted by Gasteiger charge is -2.30. The molecule has 34 heavy (non-hydrogen) atoms. The highest BCUT2D eigenvalue weighted by Gasteiger charge is 2.44. The van der Waals surface area contributed by atoms with Crippen LogP contribution in [0.1, 0.15) is 38.4 Å². The lowest BCUT2D eigenvalue weighted by Crippen LogP contribution is -2.39. The van der Waals surface area contributed by atoms with Gasteiger partial charge in [-0.2, -0.15) is 0 Å². The first-order valence-electron chi connectivity index (χ1n) is 11.0. The third-order valence-electron chi connectivity index (χ3n) is 6.05. The summed E-state index contributed by atoms with van der Waals surface area (Å²) < 4.78 is 5.37. The monoisotopic (exact) mass is 486 g/mol. The zero-order valence-corrected chi connectivity index (χ0v) is 19.8. The number of benzene rings is 1. The second kappa shape index (κ2) is 10.00. The standard InChI is InChI=1S/C23H26N4O6S/c1-14-22(34-15(2)24-14)20(28)18-19(16-4-6-17(7-5-16)27(31)32)26(23(30)21(18)29)9-3-8-25-10-12-33-13-11-25/h4-7,19,29H,3,8-13H2,1-2H3/t19-/m1/s1. The zero-order valence-electron chi connectivity index (χ0n) is 19.0. The van der Waals surface area contributed by atoms with Crippen molar-refractivity contribution in [2.75, 3.05) is 39.4 Å². The largest absolute Gasteiger partial charge is 0.503 e. The van der Waals surface area contributed by atoms with E-state index in [1.807, 2.05) is 0 Å². The smallest absolute Gasteiger partial charge is 0.290 e. The van der Waals surface area contributed by atoms with Gasteiger partial charge in [-0.05, 0) is 38.0 Å². The molecule has 180 valence electrons. The van der Waals surface area contributed by atoms with Crippen LogP contribution in [0.5, 0.6) is 0 Å². The fourth-order valence-electron chi connectivity index (χ4n) is 4.39. The summed E-state index contributed by atoms with van der Waals surface area (Å²) in [5.41, 5.74) is 0.948. The van der Waals surface area contributed by atoms with Gasteiger partial charge in [-0.1, -0.05) is 0 Å². The van der Waals surface area contributed by atoms with E-state index in [-0.39, 0.29) is 11.3 Å². The van der Waals surface area contributed by atoms with Crippen molar-refractivity contribution < 1.29 is 24.4 Å². The highest BCUT2D eigenvalue weighted by Crippen LogP contribution is 2.40. The van der Waals surface area contributed by atoms with Crippen LogP contribution in [0, 0.1) is 24.0 Å². The second-order valence-corrected chi connectivity index (χ2v) is 9.50. The second-order valence-electron chi connectivity index (χ2n) is 8.30. The highest BCUT2D eigenvalue weighted by molar-refractivity contribution is 7.14. The van der Waals surface area contributed by atoms with E-state index in [4.69, 9.17) is 4.74 Å². The molecule has 0 saturated carbocycles. The Morgan fingerprint density at radius 1 is 1.24 bits per heavy atom. The molecule has 1 fully saturated rings. The Kier molecular flexibility index (Phi) is 7.05. The summed E-state index contributed by atoms with van der Waals surface area (Å²) in [6.07, 6.45) is 0.642. The Balaban J connectivity index is 1.65. The van der Waals surface area contributed by atoms with Gasteiger partial charge in [0.05, 0.1) is 45.3 Å². The topological polar surface area (TPSA) is 126 Å². The van der Waals surface area contributed by atoms with Gasteiger partial charge in [0.1, 0.15) is 0 Å². The van der Waals surface area contributed by atoms with E-state index >= 15 is 0 Å². The van der Waals surface area contributed by atoms with Crippen molar-refractivity contribution in [1.29, 1.82) is 0 Å². The SMILES string of the molecule is Cc1nc(C)c(C(=O)C2=C(O)C(=O)N(CCCN3CCOCC3)[C@@H]2c2ccc([N+](=O)[O-])cc2)s1. The van der Waals surface area contributed by atoms with Crippen LogP contribution < -0.4 is 0 Å². The number of nitro groups is 1. The number of amides is 1. The predicted octanol–water partition coefficient (Wildman–Crippen LogP) is 2.97. The first kappa shape index (κ1) is 24.0. The molecule has 0 radical (unpaired) electrons. The molecule has 10 nitrogen and oxygen atoms in total. The summed E-state index contributed by atoms with van der Waals surface area (Å²) in [5.74, 6) is -1.65. The van der Waals surface area contributed by atoms with Crippen molar-refractivity contribution >= 4 is 28.7 Å². The van der Waals surface area contributed by atoms with Crippen molar-refractivity contribution in [2.24, 2.45) is 0 Å². The number of rotatable bonds is 8. The molecule has 1 amide bonds. The number of aromatic nitrogens is 1. The summed E-state index contributed by atoms with van der Waals surface area (Å²) in [6.45, 7) is 7.54. The number of ketones is 1. The quantitative estimate of drug-likeness (QED) is 0.343. The Labute approximate surface area is 200 Å². The number of aliphatic hydroxyl groups is 1. The predicted molar refractivity (Wildman–Crippen MR) is 125 cm³/mol. The molecule has 0 bridgehead atoms. The number of carbonyl (C=O) groups excluding carboxylic acids is 2. The Bertz CT molecular complexity index is 1140. The summed E-state index contributed by atoms with van der Waals surface area (Å²) >= 11 is 1.21. The molecule has 1 N–H and O–H groups in total. The molecule has 2 aliphatic rings. The summed E-state index contributed by atoms with van der Waals surface area (Å²) in [6, 6.07) is 4.90. The average molecular weight is 487 g/mol. The molecular weight excluding hydrogens is 460 g/mol. The number of ether oxygens (including phenoxy) is 1. The molecule has 1 saturated heterocycles. The first-order valence-corrected chi connectivity index (χ1v) is 11.9. The van der Waals surface area contributed by atoms with Gasteiger partial charge in [0.2, 0.25) is 5.78 Å². The van der Waals surface area contributed by atoms with Gasteiger partial charge in [0.25, 0.3) is 11.6 Å². The number of nitrogens with zero attached hydrogens (tertiary/aromatic N) is 4. The van der Waals surface area contributed by atoms with Gasteiger partial charge in [0, 0.05) is 38.3 Å². The lowest BCUT2D eigenvalue weighted by atomic mass is 9.95. The number of morpholine rings is 1. The number of thiazole rings is 1. The maximum atomic E-state index is 13.5. The van der Waals surface area contributed by atoms with Crippen LogP contribution in [0.2, 0.25) is 0 Å². The molecule has 0 unspecified atom stereocenters. The number of non-ortho nitro benzene ring substituents is 1. The Hall–Kier alpha value is -3.15. The molecule has 2 aromatic rings. The van der Waals surface area contributed by atoms with Gasteiger partial charge in [-0.15, -0.1) is 11.3 Å². The van der Waals surface area contributed by atoms with E-state index < -0.39 is 28.4 Å². The average Bonchev–Trinajstić information content (AvgIpc) is 3.29. The molecule has 11 heteroatoms. The Morgan fingerprint density at radius 3 is 2.50 bits per heavy atom. The Morgan fingerprint density at radius 2 is 1.91 bits per heavy atom. The van der Waals surface area contributed by atoms with Gasteiger partial charge in [-0.3, -0.25) is 24.6 Å². The maximum absolute atomic E-state index is 13.5. The lowest BCUT2D eigenvalue weighted by molar-refractivity contribution is -0.384. The van der Waals surface area contributed by atoms with Crippen molar-refractivity contribution in [3.05, 3.63) is 66.9 Å². The van der Waals surface area contributed by atoms with Crippen molar-refractivity contribution in [2.45, 2.75) is 26.3 Å². The summed E-state index contributed by atoms with van der Waals surface area (Å²) in [5, 5.41) is 22.6. The van der Waals surface area contributed by atoms with E-state index in [9.17, 15) is 24.8 Å². The van der Waals surface area contributed by atoms with Gasteiger partial charge in [-0.25, -0.2) is 4.98 Å². The molecule has 2 aliphatic heterocycles.